The van der Waals surface area contributed by atoms with E-state index >= 15 is 0 Å². The highest BCUT2D eigenvalue weighted by Gasteiger charge is 2.18. The van der Waals surface area contributed by atoms with Crippen molar-refractivity contribution in [3.8, 4) is 5.75 Å². The molecule has 0 amide bonds. The van der Waals surface area contributed by atoms with Crippen LogP contribution in [0.25, 0.3) is 0 Å². The lowest BCUT2D eigenvalue weighted by atomic mass is 10.2. The van der Waals surface area contributed by atoms with Crippen molar-refractivity contribution in [2.75, 3.05) is 25.1 Å². The Labute approximate surface area is 112 Å². The largest absolute Gasteiger partial charge is 0.491 e. The normalized spacial score (nSPS) is 14.7. The Morgan fingerprint density at radius 2 is 2.26 bits per heavy atom. The Morgan fingerprint density at radius 1 is 1.37 bits per heavy atom. The molecule has 100 valence electrons. The summed E-state index contributed by atoms with van der Waals surface area (Å²) >= 11 is 0. The van der Waals surface area contributed by atoms with Gasteiger partial charge in [0.1, 0.15) is 18.6 Å². The number of benzene rings is 1. The summed E-state index contributed by atoms with van der Waals surface area (Å²) in [7, 11) is 1.89. The van der Waals surface area contributed by atoms with Crippen LogP contribution in [0.15, 0.2) is 34.9 Å². The first-order valence-electron chi connectivity index (χ1n) is 6.41. The Kier molecular flexibility index (Phi) is 3.37. The van der Waals surface area contributed by atoms with Gasteiger partial charge in [-0.05, 0) is 13.1 Å². The van der Waals surface area contributed by atoms with Gasteiger partial charge in [0.25, 0.3) is 6.01 Å². The number of hydrogen-bond acceptors (Lipinski definition) is 5. The first kappa shape index (κ1) is 12.0. The molecule has 1 N–H and O–H groups in total. The van der Waals surface area contributed by atoms with E-state index in [0.717, 1.165) is 30.1 Å². The Morgan fingerprint density at radius 3 is 3.16 bits per heavy atom. The second kappa shape index (κ2) is 5.32. The van der Waals surface area contributed by atoms with E-state index in [1.165, 1.54) is 0 Å². The minimum absolute atomic E-state index is 0.640. The van der Waals surface area contributed by atoms with Crippen molar-refractivity contribution in [3.63, 3.8) is 0 Å². The first-order chi connectivity index (χ1) is 9.36. The third-order valence-corrected chi connectivity index (χ3v) is 3.12. The van der Waals surface area contributed by atoms with E-state index < -0.39 is 0 Å². The third-order valence-electron chi connectivity index (χ3n) is 3.12. The maximum Gasteiger partial charge on any atom is 0.297 e. The monoisotopic (exact) mass is 259 g/mol. The van der Waals surface area contributed by atoms with Crippen molar-refractivity contribution in [2.24, 2.45) is 0 Å². The molecule has 19 heavy (non-hydrogen) atoms. The molecule has 0 bridgehead atoms. The number of aromatic nitrogens is 1. The SMILES string of the molecule is CNCc1coc(N2CCOc3ccccc3C2)n1. The molecular weight excluding hydrogens is 242 g/mol. The summed E-state index contributed by atoms with van der Waals surface area (Å²) < 4.78 is 11.3. The molecule has 0 saturated carbocycles. The Bertz CT molecular complexity index is 553. The maximum absolute atomic E-state index is 5.73. The molecule has 0 atom stereocenters. The number of rotatable bonds is 3. The second-order valence-electron chi connectivity index (χ2n) is 4.53. The molecule has 2 aromatic rings. The summed E-state index contributed by atoms with van der Waals surface area (Å²) in [4.78, 5) is 6.58. The van der Waals surface area contributed by atoms with Crippen LogP contribution < -0.4 is 15.0 Å². The maximum atomic E-state index is 5.73. The quantitative estimate of drug-likeness (QED) is 0.910. The number of nitrogens with zero attached hydrogens (tertiary/aromatic N) is 2. The lowest BCUT2D eigenvalue weighted by Gasteiger charge is -2.16. The second-order valence-corrected chi connectivity index (χ2v) is 4.53. The topological polar surface area (TPSA) is 50.5 Å². The predicted octanol–water partition coefficient (Wildman–Crippen LogP) is 1.79. The van der Waals surface area contributed by atoms with Crippen LogP contribution in [-0.2, 0) is 13.1 Å². The van der Waals surface area contributed by atoms with E-state index in [2.05, 4.69) is 21.3 Å². The van der Waals surface area contributed by atoms with Crippen molar-refractivity contribution in [1.29, 1.82) is 0 Å². The predicted molar refractivity (Wildman–Crippen MR) is 72.3 cm³/mol. The lowest BCUT2D eigenvalue weighted by Crippen LogP contribution is -2.25. The van der Waals surface area contributed by atoms with E-state index in [-0.39, 0.29) is 0 Å². The molecule has 0 radical (unpaired) electrons. The molecular formula is C14H17N3O2. The summed E-state index contributed by atoms with van der Waals surface area (Å²) in [5.41, 5.74) is 2.07. The summed E-state index contributed by atoms with van der Waals surface area (Å²) in [6.45, 7) is 2.88. The van der Waals surface area contributed by atoms with Crippen LogP contribution in [-0.4, -0.2) is 25.2 Å². The molecule has 5 nitrogen and oxygen atoms in total. The number of para-hydroxylation sites is 1. The Balaban J connectivity index is 1.81. The average Bonchev–Trinajstić information content (AvgIpc) is 2.78. The zero-order chi connectivity index (χ0) is 13.1. The molecule has 2 heterocycles. The van der Waals surface area contributed by atoms with Gasteiger partial charge in [-0.2, -0.15) is 4.98 Å². The van der Waals surface area contributed by atoms with Crippen LogP contribution in [0.3, 0.4) is 0 Å². The highest BCUT2D eigenvalue weighted by atomic mass is 16.5. The smallest absolute Gasteiger partial charge is 0.297 e. The molecule has 0 unspecified atom stereocenters. The van der Waals surface area contributed by atoms with Gasteiger partial charge in [-0.15, -0.1) is 0 Å². The van der Waals surface area contributed by atoms with Gasteiger partial charge in [0.05, 0.1) is 18.8 Å². The molecule has 5 heteroatoms. The summed E-state index contributed by atoms with van der Waals surface area (Å²) in [6, 6.07) is 8.75. The highest BCUT2D eigenvalue weighted by Crippen LogP contribution is 2.25. The molecule has 0 spiro atoms. The highest BCUT2D eigenvalue weighted by molar-refractivity contribution is 5.39. The first-order valence-corrected chi connectivity index (χ1v) is 6.41. The molecule has 1 aliphatic rings. The fourth-order valence-electron chi connectivity index (χ4n) is 2.19. The number of hydrogen-bond donors (Lipinski definition) is 1. The molecule has 0 aliphatic carbocycles. The van der Waals surface area contributed by atoms with Gasteiger partial charge in [0.15, 0.2) is 0 Å². The van der Waals surface area contributed by atoms with Crippen LogP contribution >= 0.6 is 0 Å². The molecule has 0 fully saturated rings. The fraction of sp³-hybridized carbons (Fsp3) is 0.357. The van der Waals surface area contributed by atoms with Crippen molar-refractivity contribution in [1.82, 2.24) is 10.3 Å². The van der Waals surface area contributed by atoms with Crippen LogP contribution in [0.5, 0.6) is 5.75 Å². The number of fused-ring (bicyclic) bond motifs is 1. The molecule has 1 aromatic carbocycles. The number of anilines is 1. The summed E-state index contributed by atoms with van der Waals surface area (Å²) in [5, 5.41) is 3.06. The molecule has 0 saturated heterocycles. The van der Waals surface area contributed by atoms with Crippen molar-refractivity contribution < 1.29 is 9.15 Å². The van der Waals surface area contributed by atoms with E-state index in [4.69, 9.17) is 9.15 Å². The fourth-order valence-corrected chi connectivity index (χ4v) is 2.19. The summed E-state index contributed by atoms with van der Waals surface area (Å²) in [6.07, 6.45) is 1.70. The third kappa shape index (κ3) is 2.56. The lowest BCUT2D eigenvalue weighted by molar-refractivity contribution is 0.329. The van der Waals surface area contributed by atoms with E-state index in [9.17, 15) is 0 Å². The van der Waals surface area contributed by atoms with Gasteiger partial charge in [0, 0.05) is 12.1 Å². The number of oxazole rings is 1. The van der Waals surface area contributed by atoms with Crippen LogP contribution in [0.1, 0.15) is 11.3 Å². The molecule has 1 aromatic heterocycles. The summed E-state index contributed by atoms with van der Waals surface area (Å²) in [5.74, 6) is 0.951. The van der Waals surface area contributed by atoms with Crippen LogP contribution in [0.4, 0.5) is 6.01 Å². The van der Waals surface area contributed by atoms with E-state index in [1.807, 2.05) is 25.2 Å². The van der Waals surface area contributed by atoms with Crippen LogP contribution in [0, 0.1) is 0 Å². The van der Waals surface area contributed by atoms with Gasteiger partial charge in [0.2, 0.25) is 0 Å². The average molecular weight is 259 g/mol. The van der Waals surface area contributed by atoms with E-state index in [0.29, 0.717) is 19.2 Å². The van der Waals surface area contributed by atoms with Crippen molar-refractivity contribution in [3.05, 3.63) is 41.8 Å². The minimum atomic E-state index is 0.640. The van der Waals surface area contributed by atoms with E-state index in [1.54, 1.807) is 6.26 Å². The van der Waals surface area contributed by atoms with Gasteiger partial charge in [-0.25, -0.2) is 0 Å². The van der Waals surface area contributed by atoms with Crippen molar-refractivity contribution >= 4 is 6.01 Å². The zero-order valence-corrected chi connectivity index (χ0v) is 10.9. The zero-order valence-electron chi connectivity index (χ0n) is 10.9. The van der Waals surface area contributed by atoms with Gasteiger partial charge in [-0.1, -0.05) is 18.2 Å². The van der Waals surface area contributed by atoms with Crippen LogP contribution in [0.2, 0.25) is 0 Å². The number of ether oxygens (including phenoxy) is 1. The molecule has 1 aliphatic heterocycles. The van der Waals surface area contributed by atoms with Gasteiger partial charge < -0.3 is 19.4 Å². The Hall–Kier alpha value is -2.01. The molecule has 3 rings (SSSR count). The minimum Gasteiger partial charge on any atom is -0.491 e. The van der Waals surface area contributed by atoms with Gasteiger partial charge in [-0.3, -0.25) is 0 Å². The van der Waals surface area contributed by atoms with Crippen molar-refractivity contribution in [2.45, 2.75) is 13.1 Å². The number of nitrogens with one attached hydrogen (secondary N) is 1. The van der Waals surface area contributed by atoms with Gasteiger partial charge >= 0.3 is 0 Å². The standard InChI is InChI=1S/C14H17N3O2/c1-15-8-12-10-19-14(16-12)17-6-7-18-13-5-3-2-4-11(13)9-17/h2-5,10,15H,6-9H2,1H3.